The van der Waals surface area contributed by atoms with E-state index in [0.717, 1.165) is 0 Å². The predicted octanol–water partition coefficient (Wildman–Crippen LogP) is 4.17. The number of H-pyrrole nitrogens is 2. The van der Waals surface area contributed by atoms with Crippen LogP contribution in [-0.2, 0) is 17.6 Å². The van der Waals surface area contributed by atoms with Gasteiger partial charge in [-0.1, -0.05) is 38.1 Å². The SMILES string of the molecule is CCc1[nH]nc(C(=O)N2CCN(CC(C(=O)C(CN3CCN(C(=O)c4n[nH]c(CC)c4F)CC3)c3ccc(F)cc3)c3ccc(F)cc3)CC2)c1F. The largest absolute Gasteiger partial charge is 0.335 e. The average Bonchev–Trinajstić information content (AvgIpc) is 3.74. The fourth-order valence-electron chi connectivity index (χ4n) is 6.92. The van der Waals surface area contributed by atoms with E-state index in [-0.39, 0.29) is 41.6 Å². The molecule has 0 radical (unpaired) electrons. The van der Waals surface area contributed by atoms with Crippen molar-refractivity contribution in [3.8, 4) is 0 Å². The molecule has 52 heavy (non-hydrogen) atoms. The summed E-state index contributed by atoms with van der Waals surface area (Å²) >= 11 is 0. The molecule has 4 aromatic rings. The Morgan fingerprint density at radius 1 is 0.596 bits per heavy atom. The minimum absolute atomic E-state index is 0.147. The quantitative estimate of drug-likeness (QED) is 0.211. The Bertz CT molecular complexity index is 1730. The van der Waals surface area contributed by atoms with E-state index in [9.17, 15) is 31.9 Å². The fraction of sp³-hybridized carbons (Fsp3) is 0.432. The van der Waals surface area contributed by atoms with Gasteiger partial charge in [0.25, 0.3) is 11.8 Å². The summed E-state index contributed by atoms with van der Waals surface area (Å²) in [6.07, 6.45) is 0.751. The molecule has 4 heterocycles. The number of carbonyl (C=O) groups is 3. The number of halogens is 4. The van der Waals surface area contributed by atoms with Gasteiger partial charge in [0, 0.05) is 65.4 Å². The highest BCUT2D eigenvalue weighted by Gasteiger charge is 2.36. The van der Waals surface area contributed by atoms with Crippen LogP contribution in [0.2, 0.25) is 0 Å². The Morgan fingerprint density at radius 3 is 1.25 bits per heavy atom. The number of aromatic amines is 2. The summed E-state index contributed by atoms with van der Waals surface area (Å²) in [5, 5.41) is 12.9. The van der Waals surface area contributed by atoms with Crippen molar-refractivity contribution >= 4 is 17.6 Å². The van der Waals surface area contributed by atoms with Crippen molar-refractivity contribution in [1.82, 2.24) is 40.0 Å². The molecule has 2 fully saturated rings. The van der Waals surface area contributed by atoms with E-state index < -0.39 is 46.9 Å². The number of aryl methyl sites for hydroxylation is 2. The summed E-state index contributed by atoms with van der Waals surface area (Å²) in [4.78, 5) is 48.1. The Balaban J connectivity index is 1.17. The molecular weight excluding hydrogens is 680 g/mol. The maximum absolute atomic E-state index is 14.7. The van der Waals surface area contributed by atoms with E-state index in [0.29, 0.717) is 76.3 Å². The zero-order valence-electron chi connectivity index (χ0n) is 29.2. The van der Waals surface area contributed by atoms with E-state index in [1.54, 1.807) is 47.9 Å². The molecule has 2 saturated heterocycles. The summed E-state index contributed by atoms with van der Waals surface area (Å²) in [6.45, 7) is 6.91. The summed E-state index contributed by atoms with van der Waals surface area (Å²) in [5.74, 6) is -4.73. The van der Waals surface area contributed by atoms with Gasteiger partial charge in [-0.3, -0.25) is 34.4 Å². The first-order valence-corrected chi connectivity index (χ1v) is 17.6. The van der Waals surface area contributed by atoms with Crippen LogP contribution in [0, 0.1) is 23.3 Å². The maximum atomic E-state index is 14.7. The van der Waals surface area contributed by atoms with Crippen LogP contribution in [0.4, 0.5) is 17.6 Å². The number of nitrogens with one attached hydrogen (secondary N) is 2. The number of aromatic nitrogens is 4. The number of hydrogen-bond donors (Lipinski definition) is 2. The van der Waals surface area contributed by atoms with Crippen molar-refractivity contribution in [2.45, 2.75) is 38.5 Å². The van der Waals surface area contributed by atoms with Gasteiger partial charge in [0.05, 0.1) is 23.2 Å². The van der Waals surface area contributed by atoms with Crippen LogP contribution in [0.15, 0.2) is 48.5 Å². The highest BCUT2D eigenvalue weighted by atomic mass is 19.1. The molecule has 15 heteroatoms. The van der Waals surface area contributed by atoms with Crippen molar-refractivity contribution in [1.29, 1.82) is 0 Å². The molecule has 6 rings (SSSR count). The summed E-state index contributed by atoms with van der Waals surface area (Å²) in [7, 11) is 0. The highest BCUT2D eigenvalue weighted by molar-refractivity contribution is 5.94. The second kappa shape index (κ2) is 16.2. The topological polar surface area (TPSA) is 122 Å². The number of carbonyl (C=O) groups excluding carboxylic acids is 3. The summed E-state index contributed by atoms with van der Waals surface area (Å²) in [6, 6.07) is 11.6. The van der Waals surface area contributed by atoms with E-state index in [1.807, 2.05) is 0 Å². The van der Waals surface area contributed by atoms with Gasteiger partial charge in [0.2, 0.25) is 0 Å². The van der Waals surface area contributed by atoms with Crippen LogP contribution in [0.3, 0.4) is 0 Å². The first-order valence-electron chi connectivity index (χ1n) is 17.6. The molecule has 2 amide bonds. The van der Waals surface area contributed by atoms with Crippen molar-refractivity contribution < 1.29 is 31.9 Å². The van der Waals surface area contributed by atoms with Gasteiger partial charge in [-0.2, -0.15) is 10.2 Å². The summed E-state index contributed by atoms with van der Waals surface area (Å²) < 4.78 is 57.5. The third kappa shape index (κ3) is 7.94. The third-order valence-corrected chi connectivity index (χ3v) is 10.1. The zero-order valence-corrected chi connectivity index (χ0v) is 29.2. The van der Waals surface area contributed by atoms with Gasteiger partial charge in [-0.15, -0.1) is 0 Å². The molecule has 2 atom stereocenters. The monoisotopic (exact) mass is 722 g/mol. The Kier molecular flexibility index (Phi) is 11.5. The van der Waals surface area contributed by atoms with E-state index in [1.165, 1.54) is 24.3 Å². The normalized spacial score (nSPS) is 17.0. The molecule has 276 valence electrons. The molecule has 2 aromatic heterocycles. The minimum Gasteiger partial charge on any atom is -0.335 e. The molecule has 0 bridgehead atoms. The Hall–Kier alpha value is -4.89. The van der Waals surface area contributed by atoms with Crippen LogP contribution in [0.25, 0.3) is 0 Å². The van der Waals surface area contributed by atoms with E-state index in [4.69, 9.17) is 0 Å². The molecular formula is C37H42F4N8O3. The number of nitrogens with zero attached hydrogens (tertiary/aromatic N) is 6. The Labute approximate surface area is 299 Å². The van der Waals surface area contributed by atoms with Crippen LogP contribution < -0.4 is 0 Å². The van der Waals surface area contributed by atoms with Crippen molar-refractivity contribution in [3.63, 3.8) is 0 Å². The van der Waals surface area contributed by atoms with Crippen molar-refractivity contribution in [2.24, 2.45) is 0 Å². The lowest BCUT2D eigenvalue weighted by molar-refractivity contribution is -0.123. The third-order valence-electron chi connectivity index (χ3n) is 10.1. The van der Waals surface area contributed by atoms with E-state index in [2.05, 4.69) is 30.2 Å². The predicted molar refractivity (Wildman–Crippen MR) is 184 cm³/mol. The van der Waals surface area contributed by atoms with Gasteiger partial charge < -0.3 is 9.80 Å². The van der Waals surface area contributed by atoms with Crippen molar-refractivity contribution in [3.05, 3.63) is 106 Å². The van der Waals surface area contributed by atoms with Crippen molar-refractivity contribution in [2.75, 3.05) is 65.4 Å². The zero-order chi connectivity index (χ0) is 36.9. The van der Waals surface area contributed by atoms with E-state index >= 15 is 0 Å². The lowest BCUT2D eigenvalue weighted by Crippen LogP contribution is -2.51. The van der Waals surface area contributed by atoms with Crippen LogP contribution >= 0.6 is 0 Å². The number of benzene rings is 2. The number of ketones is 1. The molecule has 0 spiro atoms. The summed E-state index contributed by atoms with van der Waals surface area (Å²) in [5.41, 5.74) is 1.29. The second-order valence-electron chi connectivity index (χ2n) is 13.2. The molecule has 0 aliphatic carbocycles. The van der Waals surface area contributed by atoms with Gasteiger partial charge in [0.1, 0.15) is 17.4 Å². The second-order valence-corrected chi connectivity index (χ2v) is 13.2. The average molecular weight is 723 g/mol. The smallest absolute Gasteiger partial charge is 0.277 e. The molecule has 11 nitrogen and oxygen atoms in total. The lowest BCUT2D eigenvalue weighted by atomic mass is 9.82. The van der Waals surface area contributed by atoms with Gasteiger partial charge in [-0.25, -0.2) is 17.6 Å². The minimum atomic E-state index is -0.702. The number of hydrogen-bond acceptors (Lipinski definition) is 7. The van der Waals surface area contributed by atoms with Crippen LogP contribution in [0.1, 0.15) is 69.2 Å². The number of rotatable bonds is 12. The first-order chi connectivity index (χ1) is 25.1. The number of piperazine rings is 2. The highest BCUT2D eigenvalue weighted by Crippen LogP contribution is 2.30. The van der Waals surface area contributed by atoms with Crippen LogP contribution in [0.5, 0.6) is 0 Å². The molecule has 2 aliphatic heterocycles. The molecule has 2 aliphatic rings. The van der Waals surface area contributed by atoms with Gasteiger partial charge >= 0.3 is 0 Å². The van der Waals surface area contributed by atoms with Gasteiger partial charge in [-0.05, 0) is 48.2 Å². The number of amides is 2. The van der Waals surface area contributed by atoms with Crippen LogP contribution in [-0.4, -0.2) is 123 Å². The standard InChI is InChI=1S/C37H42F4N8O3/c1-3-29-31(40)33(44-42-29)36(51)48-17-13-46(14-18-48)21-27(23-5-9-25(38)10-6-23)35(50)28(24-7-11-26(39)12-8-24)22-47-15-19-49(20-16-47)37(52)34-32(41)30(4-2)43-45-34/h5-12,27-28H,3-4,13-22H2,1-2H3,(H,42,44)(H,43,45). The fourth-order valence-corrected chi connectivity index (χ4v) is 6.92. The lowest BCUT2D eigenvalue weighted by Gasteiger charge is -2.38. The molecule has 2 unspecified atom stereocenters. The molecule has 2 N–H and O–H groups in total. The molecule has 2 aromatic carbocycles. The van der Waals surface area contributed by atoms with Gasteiger partial charge in [0.15, 0.2) is 23.0 Å². The maximum Gasteiger partial charge on any atom is 0.277 e. The first kappa shape index (κ1) is 36.9. The number of Topliss-reactive ketones (excluding diaryl/α,β-unsaturated/α-hetero) is 1. The molecule has 0 saturated carbocycles. The Morgan fingerprint density at radius 2 is 0.942 bits per heavy atom.